The third-order valence-electron chi connectivity index (χ3n) is 4.58. The fourth-order valence-electron chi connectivity index (χ4n) is 3.21. The van der Waals surface area contributed by atoms with Gasteiger partial charge >= 0.3 is 0 Å². The fourth-order valence-corrected chi connectivity index (χ4v) is 3.21. The Balaban J connectivity index is 1.70. The zero-order valence-electron chi connectivity index (χ0n) is 13.0. The van der Waals surface area contributed by atoms with E-state index in [0.717, 1.165) is 42.0 Å². The summed E-state index contributed by atoms with van der Waals surface area (Å²) in [6, 6.07) is 5.94. The van der Waals surface area contributed by atoms with Gasteiger partial charge in [0.25, 0.3) is 0 Å². The smallest absolute Gasteiger partial charge is 0.205 e. The Morgan fingerprint density at radius 3 is 2.96 bits per heavy atom. The number of aliphatic imine (C=N–C) groups is 1. The van der Waals surface area contributed by atoms with E-state index in [1.54, 1.807) is 0 Å². The average molecular weight is 306 g/mol. The van der Waals surface area contributed by atoms with Crippen molar-refractivity contribution in [2.45, 2.75) is 37.7 Å². The Labute approximate surface area is 136 Å². The molecule has 0 aromatic heterocycles. The lowest BCUT2D eigenvalue weighted by molar-refractivity contribution is -0.0661. The summed E-state index contributed by atoms with van der Waals surface area (Å²) >= 11 is 0. The molecule has 3 aliphatic rings. The lowest BCUT2D eigenvalue weighted by Gasteiger charge is -2.41. The Morgan fingerprint density at radius 2 is 2.22 bits per heavy atom. The molecule has 4 nitrogen and oxygen atoms in total. The topological polar surface area (TPSA) is 54.6 Å². The van der Waals surface area contributed by atoms with Gasteiger partial charge in [0.1, 0.15) is 11.4 Å². The standard InChI is InChI=1S/C19H18N2O2/c20-13-21-17-11-19(8-1-9-22-12-19)23-18-7-6-15(10-16(17)18)5-4-14-2-3-14/h6-7,10,14H,1-3,8-9,11-12H2. The molecule has 1 unspecified atom stereocenters. The monoisotopic (exact) mass is 306 g/mol. The second-order valence-corrected chi connectivity index (χ2v) is 6.53. The molecule has 1 aromatic carbocycles. The molecule has 116 valence electrons. The number of nitriles is 1. The molecule has 0 N–H and O–H groups in total. The number of benzene rings is 1. The van der Waals surface area contributed by atoms with Crippen molar-refractivity contribution >= 4 is 5.71 Å². The summed E-state index contributed by atoms with van der Waals surface area (Å²) in [4.78, 5) is 4.06. The minimum absolute atomic E-state index is 0.373. The second-order valence-electron chi connectivity index (χ2n) is 6.53. The highest BCUT2D eigenvalue weighted by Gasteiger charge is 2.41. The van der Waals surface area contributed by atoms with Crippen LogP contribution in [-0.4, -0.2) is 24.5 Å². The number of nitrogens with zero attached hydrogens (tertiary/aromatic N) is 2. The first-order valence-electron chi connectivity index (χ1n) is 8.16. The maximum atomic E-state index is 9.05. The van der Waals surface area contributed by atoms with Gasteiger partial charge in [-0.2, -0.15) is 10.3 Å². The summed E-state index contributed by atoms with van der Waals surface area (Å²) in [6.45, 7) is 1.33. The molecule has 1 aromatic rings. The van der Waals surface area contributed by atoms with E-state index in [1.165, 1.54) is 12.8 Å². The summed E-state index contributed by atoms with van der Waals surface area (Å²) in [6.07, 6.45) is 6.88. The van der Waals surface area contributed by atoms with Crippen LogP contribution in [0.5, 0.6) is 5.75 Å². The van der Waals surface area contributed by atoms with Gasteiger partial charge in [0.05, 0.1) is 12.3 Å². The predicted octanol–water partition coefficient (Wildman–Crippen LogP) is 3.05. The van der Waals surface area contributed by atoms with Crippen LogP contribution >= 0.6 is 0 Å². The number of ether oxygens (including phenoxy) is 2. The normalized spacial score (nSPS) is 27.5. The summed E-state index contributed by atoms with van der Waals surface area (Å²) in [5, 5.41) is 9.05. The first kappa shape index (κ1) is 14.3. The van der Waals surface area contributed by atoms with Gasteiger partial charge in [-0.1, -0.05) is 11.8 Å². The molecule has 4 rings (SSSR count). The highest BCUT2D eigenvalue weighted by Crippen LogP contribution is 2.38. The van der Waals surface area contributed by atoms with E-state index < -0.39 is 0 Å². The van der Waals surface area contributed by atoms with Crippen LogP contribution < -0.4 is 4.74 Å². The molecule has 1 spiro atoms. The lowest BCUT2D eigenvalue weighted by atomic mass is 9.85. The Morgan fingerprint density at radius 1 is 1.30 bits per heavy atom. The van der Waals surface area contributed by atoms with Gasteiger partial charge in [-0.15, -0.1) is 0 Å². The molecule has 4 heteroatoms. The van der Waals surface area contributed by atoms with E-state index in [0.29, 0.717) is 18.9 Å². The summed E-state index contributed by atoms with van der Waals surface area (Å²) < 4.78 is 11.9. The zero-order chi connectivity index (χ0) is 15.7. The van der Waals surface area contributed by atoms with Crippen LogP contribution in [0.1, 0.15) is 43.2 Å². The molecular formula is C19H18N2O2. The van der Waals surface area contributed by atoms with Crippen molar-refractivity contribution in [2.24, 2.45) is 10.9 Å². The SMILES string of the molecule is N#CN=C1CC2(CCCOC2)Oc2ccc(C#CC3CC3)cc21. The molecule has 1 saturated heterocycles. The van der Waals surface area contributed by atoms with E-state index in [-0.39, 0.29) is 5.60 Å². The molecule has 0 bridgehead atoms. The number of fused-ring (bicyclic) bond motifs is 1. The van der Waals surface area contributed by atoms with Crippen molar-refractivity contribution in [3.05, 3.63) is 29.3 Å². The quantitative estimate of drug-likeness (QED) is 0.547. The Bertz CT molecular complexity index is 754. The van der Waals surface area contributed by atoms with Crippen molar-refractivity contribution in [3.8, 4) is 23.8 Å². The fraction of sp³-hybridized carbons (Fsp3) is 0.474. The van der Waals surface area contributed by atoms with Crippen LogP contribution in [0.15, 0.2) is 23.2 Å². The van der Waals surface area contributed by atoms with Crippen molar-refractivity contribution < 1.29 is 9.47 Å². The number of rotatable bonds is 0. The average Bonchev–Trinajstić information content (AvgIpc) is 3.38. The van der Waals surface area contributed by atoms with Crippen LogP contribution in [0.3, 0.4) is 0 Å². The third-order valence-corrected chi connectivity index (χ3v) is 4.58. The number of hydrogen-bond donors (Lipinski definition) is 0. The van der Waals surface area contributed by atoms with Crippen molar-refractivity contribution in [3.63, 3.8) is 0 Å². The molecule has 0 amide bonds. The third kappa shape index (κ3) is 2.96. The molecule has 1 atom stereocenters. The van der Waals surface area contributed by atoms with Gasteiger partial charge < -0.3 is 9.47 Å². The van der Waals surface area contributed by atoms with Gasteiger partial charge in [0, 0.05) is 30.1 Å². The minimum atomic E-state index is -0.373. The molecule has 2 aliphatic heterocycles. The van der Waals surface area contributed by atoms with E-state index in [1.807, 2.05) is 24.4 Å². The van der Waals surface area contributed by atoms with E-state index in [2.05, 4.69) is 16.8 Å². The Kier molecular flexibility index (Phi) is 3.56. The zero-order valence-corrected chi connectivity index (χ0v) is 13.0. The van der Waals surface area contributed by atoms with E-state index in [4.69, 9.17) is 14.7 Å². The van der Waals surface area contributed by atoms with Crippen molar-refractivity contribution in [1.29, 1.82) is 5.26 Å². The number of hydrogen-bond acceptors (Lipinski definition) is 4. The van der Waals surface area contributed by atoms with Gasteiger partial charge in [0.15, 0.2) is 0 Å². The van der Waals surface area contributed by atoms with Crippen LogP contribution in [0, 0.1) is 29.2 Å². The van der Waals surface area contributed by atoms with E-state index in [9.17, 15) is 0 Å². The highest BCUT2D eigenvalue weighted by molar-refractivity contribution is 6.05. The van der Waals surface area contributed by atoms with Crippen molar-refractivity contribution in [1.82, 2.24) is 0 Å². The molecule has 1 aliphatic carbocycles. The molecule has 23 heavy (non-hydrogen) atoms. The first-order chi connectivity index (χ1) is 11.3. The first-order valence-corrected chi connectivity index (χ1v) is 8.16. The largest absolute Gasteiger partial charge is 0.484 e. The van der Waals surface area contributed by atoms with Gasteiger partial charge in [0.2, 0.25) is 6.19 Å². The van der Waals surface area contributed by atoms with Crippen LogP contribution in [-0.2, 0) is 4.74 Å². The second kappa shape index (κ2) is 5.72. The predicted molar refractivity (Wildman–Crippen MR) is 86.2 cm³/mol. The minimum Gasteiger partial charge on any atom is -0.484 e. The molecule has 2 fully saturated rings. The molecule has 2 heterocycles. The summed E-state index contributed by atoms with van der Waals surface area (Å²) in [7, 11) is 0. The molecule has 0 radical (unpaired) electrons. The lowest BCUT2D eigenvalue weighted by Crippen LogP contribution is -2.48. The van der Waals surface area contributed by atoms with Gasteiger partial charge in [-0.25, -0.2) is 0 Å². The molecular weight excluding hydrogens is 288 g/mol. The van der Waals surface area contributed by atoms with Crippen molar-refractivity contribution in [2.75, 3.05) is 13.2 Å². The van der Waals surface area contributed by atoms with Gasteiger partial charge in [-0.3, -0.25) is 0 Å². The molecule has 1 saturated carbocycles. The van der Waals surface area contributed by atoms with Crippen LogP contribution in [0.25, 0.3) is 0 Å². The Hall–Kier alpha value is -2.30. The van der Waals surface area contributed by atoms with Crippen LogP contribution in [0.2, 0.25) is 0 Å². The maximum absolute atomic E-state index is 9.05. The maximum Gasteiger partial charge on any atom is 0.205 e. The highest BCUT2D eigenvalue weighted by atomic mass is 16.5. The summed E-state index contributed by atoms with van der Waals surface area (Å²) in [5.41, 5.74) is 2.27. The van der Waals surface area contributed by atoms with Gasteiger partial charge in [-0.05, 0) is 43.9 Å². The van der Waals surface area contributed by atoms with E-state index >= 15 is 0 Å². The van der Waals surface area contributed by atoms with Crippen LogP contribution in [0.4, 0.5) is 0 Å². The summed E-state index contributed by atoms with van der Waals surface area (Å²) in [5.74, 6) is 7.84.